The molecule has 0 saturated carbocycles. The fourth-order valence-corrected chi connectivity index (χ4v) is 3.28. The quantitative estimate of drug-likeness (QED) is 0.908. The Bertz CT molecular complexity index is 691. The molecule has 1 atom stereocenters. The molecule has 2 amide bonds. The molecule has 6 heteroatoms. The molecule has 0 spiro atoms. The Hall–Kier alpha value is -2.34. The number of carbonyl (C=O) groups is 2. The number of benzene rings is 1. The van der Waals surface area contributed by atoms with Crippen LogP contribution in [0.3, 0.4) is 0 Å². The topological polar surface area (TPSA) is 71.1 Å². The number of hydrogen-bond donors (Lipinski definition) is 2. The Labute approximate surface area is 132 Å². The number of nitrogens with one attached hydrogen (secondary N) is 2. The lowest BCUT2D eigenvalue weighted by molar-refractivity contribution is -0.124. The van der Waals surface area contributed by atoms with Gasteiger partial charge in [0.2, 0.25) is 11.8 Å². The van der Waals surface area contributed by atoms with Crippen molar-refractivity contribution in [2.75, 3.05) is 5.32 Å². The van der Waals surface area contributed by atoms with Crippen molar-refractivity contribution in [3.05, 3.63) is 54.4 Å². The van der Waals surface area contributed by atoms with Gasteiger partial charge in [-0.3, -0.25) is 14.6 Å². The highest BCUT2D eigenvalue weighted by atomic mass is 32.2. The Kier molecular flexibility index (Phi) is 4.39. The Morgan fingerprint density at radius 3 is 2.82 bits per heavy atom. The molecule has 1 aromatic carbocycles. The first-order valence-corrected chi connectivity index (χ1v) is 7.82. The Morgan fingerprint density at radius 2 is 2.00 bits per heavy atom. The first-order valence-electron chi connectivity index (χ1n) is 6.94. The van der Waals surface area contributed by atoms with Gasteiger partial charge in [0.1, 0.15) is 0 Å². The van der Waals surface area contributed by atoms with Crippen molar-refractivity contribution in [2.45, 2.75) is 23.1 Å². The van der Waals surface area contributed by atoms with Gasteiger partial charge in [-0.25, -0.2) is 0 Å². The van der Waals surface area contributed by atoms with E-state index < -0.39 is 5.25 Å². The Morgan fingerprint density at radius 1 is 1.23 bits per heavy atom. The summed E-state index contributed by atoms with van der Waals surface area (Å²) in [5.41, 5.74) is 1.79. The zero-order chi connectivity index (χ0) is 15.4. The molecule has 1 aliphatic rings. The molecule has 0 saturated heterocycles. The molecule has 5 nitrogen and oxygen atoms in total. The van der Waals surface area contributed by atoms with E-state index in [1.165, 1.54) is 11.8 Å². The summed E-state index contributed by atoms with van der Waals surface area (Å²) >= 11 is 1.43. The van der Waals surface area contributed by atoms with Crippen molar-refractivity contribution in [3.8, 4) is 0 Å². The van der Waals surface area contributed by atoms with E-state index in [1.54, 1.807) is 12.4 Å². The standard InChI is InChI=1S/C16H15N3O2S/c20-15(18-10-11-5-7-17-8-6-11)9-14-16(21)19-12-3-1-2-4-13(12)22-14/h1-8,14H,9-10H2,(H,18,20)(H,19,21). The third-order valence-electron chi connectivity index (χ3n) is 3.32. The van der Waals surface area contributed by atoms with E-state index in [-0.39, 0.29) is 18.2 Å². The van der Waals surface area contributed by atoms with Crippen LogP contribution in [-0.4, -0.2) is 22.0 Å². The van der Waals surface area contributed by atoms with Crippen LogP contribution in [0.1, 0.15) is 12.0 Å². The van der Waals surface area contributed by atoms with Gasteiger partial charge in [0, 0.05) is 30.3 Å². The monoisotopic (exact) mass is 313 g/mol. The number of amides is 2. The second kappa shape index (κ2) is 6.62. The number of rotatable bonds is 4. The molecule has 1 unspecified atom stereocenters. The second-order valence-electron chi connectivity index (χ2n) is 4.93. The van der Waals surface area contributed by atoms with Crippen LogP contribution in [0.2, 0.25) is 0 Å². The van der Waals surface area contributed by atoms with E-state index in [2.05, 4.69) is 15.6 Å². The second-order valence-corrected chi connectivity index (χ2v) is 6.17. The summed E-state index contributed by atoms with van der Waals surface area (Å²) in [5.74, 6) is -0.258. The minimum Gasteiger partial charge on any atom is -0.352 e. The molecule has 112 valence electrons. The predicted molar refractivity (Wildman–Crippen MR) is 85.4 cm³/mol. The average Bonchev–Trinajstić information content (AvgIpc) is 2.55. The third kappa shape index (κ3) is 3.46. The lowest BCUT2D eigenvalue weighted by Crippen LogP contribution is -2.34. The SMILES string of the molecule is O=C(CC1Sc2ccccc2NC1=O)NCc1ccncc1. The van der Waals surface area contributed by atoms with Crippen LogP contribution in [0, 0.1) is 0 Å². The lowest BCUT2D eigenvalue weighted by Gasteiger charge is -2.23. The molecule has 0 aliphatic carbocycles. The van der Waals surface area contributed by atoms with Crippen LogP contribution in [0.25, 0.3) is 0 Å². The number of hydrogen-bond acceptors (Lipinski definition) is 4. The number of para-hydroxylation sites is 1. The van der Waals surface area contributed by atoms with Crippen LogP contribution in [-0.2, 0) is 16.1 Å². The van der Waals surface area contributed by atoms with Crippen LogP contribution in [0.15, 0.2) is 53.7 Å². The summed E-state index contributed by atoms with van der Waals surface area (Å²) in [6.45, 7) is 0.441. The number of pyridine rings is 1. The molecule has 3 rings (SSSR count). The largest absolute Gasteiger partial charge is 0.352 e. The minimum atomic E-state index is -0.396. The summed E-state index contributed by atoms with van der Waals surface area (Å²) in [5, 5.41) is 5.28. The van der Waals surface area contributed by atoms with Gasteiger partial charge in [-0.05, 0) is 29.8 Å². The molecule has 2 aromatic rings. The zero-order valence-corrected chi connectivity index (χ0v) is 12.6. The summed E-state index contributed by atoms with van der Waals surface area (Å²) < 4.78 is 0. The van der Waals surface area contributed by atoms with Crippen molar-refractivity contribution in [1.82, 2.24) is 10.3 Å². The predicted octanol–water partition coefficient (Wildman–Crippen LogP) is 2.20. The highest BCUT2D eigenvalue weighted by Crippen LogP contribution is 2.36. The molecule has 0 fully saturated rings. The van der Waals surface area contributed by atoms with Gasteiger partial charge in [0.15, 0.2) is 0 Å². The first kappa shape index (κ1) is 14.6. The number of anilines is 1. The van der Waals surface area contributed by atoms with Crippen LogP contribution < -0.4 is 10.6 Å². The zero-order valence-electron chi connectivity index (χ0n) is 11.8. The highest BCUT2D eigenvalue weighted by Gasteiger charge is 2.28. The number of nitrogens with zero attached hydrogens (tertiary/aromatic N) is 1. The van der Waals surface area contributed by atoms with Gasteiger partial charge in [-0.1, -0.05) is 12.1 Å². The van der Waals surface area contributed by atoms with Gasteiger partial charge in [-0.15, -0.1) is 11.8 Å². The molecule has 22 heavy (non-hydrogen) atoms. The average molecular weight is 313 g/mol. The maximum atomic E-state index is 12.0. The van der Waals surface area contributed by atoms with Crippen LogP contribution >= 0.6 is 11.8 Å². The summed E-state index contributed by atoms with van der Waals surface area (Å²) in [6.07, 6.45) is 3.53. The van der Waals surface area contributed by atoms with E-state index in [0.717, 1.165) is 16.1 Å². The van der Waals surface area contributed by atoms with Gasteiger partial charge in [-0.2, -0.15) is 0 Å². The number of fused-ring (bicyclic) bond motifs is 1. The van der Waals surface area contributed by atoms with Gasteiger partial charge in [0.05, 0.1) is 10.9 Å². The molecule has 2 heterocycles. The molecule has 2 N–H and O–H groups in total. The third-order valence-corrected chi connectivity index (χ3v) is 4.59. The first-order chi connectivity index (χ1) is 10.7. The summed E-state index contributed by atoms with van der Waals surface area (Å²) in [7, 11) is 0. The van der Waals surface area contributed by atoms with Crippen LogP contribution in [0.5, 0.6) is 0 Å². The van der Waals surface area contributed by atoms with Gasteiger partial charge >= 0.3 is 0 Å². The van der Waals surface area contributed by atoms with Crippen molar-refractivity contribution < 1.29 is 9.59 Å². The molecular weight excluding hydrogens is 298 g/mol. The van der Waals surface area contributed by atoms with E-state index in [9.17, 15) is 9.59 Å². The van der Waals surface area contributed by atoms with E-state index in [1.807, 2.05) is 36.4 Å². The molecule has 0 radical (unpaired) electrons. The van der Waals surface area contributed by atoms with E-state index in [4.69, 9.17) is 0 Å². The summed E-state index contributed by atoms with van der Waals surface area (Å²) in [4.78, 5) is 29.0. The van der Waals surface area contributed by atoms with Crippen LogP contribution in [0.4, 0.5) is 5.69 Å². The number of aromatic nitrogens is 1. The normalized spacial score (nSPS) is 16.5. The fraction of sp³-hybridized carbons (Fsp3) is 0.188. The van der Waals surface area contributed by atoms with Crippen molar-refractivity contribution in [2.24, 2.45) is 0 Å². The fourth-order valence-electron chi connectivity index (χ4n) is 2.17. The lowest BCUT2D eigenvalue weighted by atomic mass is 10.2. The Balaban J connectivity index is 1.57. The smallest absolute Gasteiger partial charge is 0.238 e. The van der Waals surface area contributed by atoms with E-state index in [0.29, 0.717) is 6.54 Å². The highest BCUT2D eigenvalue weighted by molar-refractivity contribution is 8.01. The maximum absolute atomic E-state index is 12.0. The maximum Gasteiger partial charge on any atom is 0.238 e. The van der Waals surface area contributed by atoms with Crippen molar-refractivity contribution in [1.29, 1.82) is 0 Å². The van der Waals surface area contributed by atoms with Gasteiger partial charge in [0.25, 0.3) is 0 Å². The van der Waals surface area contributed by atoms with Crippen molar-refractivity contribution >= 4 is 29.3 Å². The summed E-state index contributed by atoms with van der Waals surface area (Å²) in [6, 6.07) is 11.3. The molecule has 1 aromatic heterocycles. The van der Waals surface area contributed by atoms with E-state index >= 15 is 0 Å². The molecule has 1 aliphatic heterocycles. The minimum absolute atomic E-state index is 0.122. The van der Waals surface area contributed by atoms with Crippen molar-refractivity contribution in [3.63, 3.8) is 0 Å². The molecular formula is C16H15N3O2S. The number of carbonyl (C=O) groups excluding carboxylic acids is 2. The molecule has 0 bridgehead atoms. The van der Waals surface area contributed by atoms with Gasteiger partial charge < -0.3 is 10.6 Å². The number of thioether (sulfide) groups is 1.